The van der Waals surface area contributed by atoms with Crippen molar-refractivity contribution in [1.82, 2.24) is 4.98 Å². The van der Waals surface area contributed by atoms with Gasteiger partial charge in [-0.3, -0.25) is 0 Å². The Morgan fingerprint density at radius 1 is 0.795 bits per heavy atom. The predicted molar refractivity (Wildman–Crippen MR) is 153 cm³/mol. The van der Waals surface area contributed by atoms with E-state index in [0.717, 1.165) is 37.6 Å². The third kappa shape index (κ3) is 4.87. The van der Waals surface area contributed by atoms with Crippen LogP contribution >= 0.6 is 34.0 Å². The zero-order valence-electron chi connectivity index (χ0n) is 19.7. The number of fused-ring (bicyclic) bond motifs is 1. The maximum Gasteiger partial charge on any atom is 0.534 e. The van der Waals surface area contributed by atoms with E-state index in [0.29, 0.717) is 21.0 Å². The SMILES string of the molecule is O=S(=O)(Oc1sc(-c2ccccc2)cc1-c1c(-c2csc(-c3ccccc3)n2)sc2ccccc12)C(F)(F)F. The van der Waals surface area contributed by atoms with Crippen LogP contribution in [0.5, 0.6) is 5.06 Å². The van der Waals surface area contributed by atoms with Crippen molar-refractivity contribution in [1.29, 1.82) is 0 Å². The number of nitrogens with zero attached hydrogens (tertiary/aromatic N) is 1. The largest absolute Gasteiger partial charge is 0.534 e. The maximum absolute atomic E-state index is 13.4. The minimum absolute atomic E-state index is 0.258. The first-order chi connectivity index (χ1) is 18.7. The first kappa shape index (κ1) is 25.8. The van der Waals surface area contributed by atoms with Gasteiger partial charge in [-0.15, -0.1) is 22.7 Å². The highest BCUT2D eigenvalue weighted by atomic mass is 32.2. The van der Waals surface area contributed by atoms with E-state index in [1.807, 2.05) is 66.0 Å². The van der Waals surface area contributed by atoms with E-state index in [9.17, 15) is 21.6 Å². The van der Waals surface area contributed by atoms with E-state index in [2.05, 4.69) is 0 Å². The summed E-state index contributed by atoms with van der Waals surface area (Å²) in [7, 11) is -5.90. The number of hydrogen-bond acceptors (Lipinski definition) is 7. The fourth-order valence-corrected chi connectivity index (χ4v) is 7.85. The van der Waals surface area contributed by atoms with Crippen molar-refractivity contribution >= 4 is 54.2 Å². The van der Waals surface area contributed by atoms with Crippen LogP contribution in [0.2, 0.25) is 0 Å². The minimum Gasteiger partial charge on any atom is -0.364 e. The number of benzene rings is 3. The van der Waals surface area contributed by atoms with E-state index in [-0.39, 0.29) is 10.6 Å². The van der Waals surface area contributed by atoms with Crippen molar-refractivity contribution in [2.24, 2.45) is 0 Å². The van der Waals surface area contributed by atoms with Crippen LogP contribution in [0.1, 0.15) is 0 Å². The second kappa shape index (κ2) is 9.91. The molecule has 0 spiro atoms. The number of thiazole rings is 1. The Kier molecular flexibility index (Phi) is 6.54. The second-order valence-corrected chi connectivity index (χ2v) is 12.8. The molecule has 0 bridgehead atoms. The number of rotatable bonds is 6. The van der Waals surface area contributed by atoms with Crippen molar-refractivity contribution in [2.45, 2.75) is 5.51 Å². The highest BCUT2D eigenvalue weighted by Gasteiger charge is 2.49. The van der Waals surface area contributed by atoms with Crippen LogP contribution < -0.4 is 4.18 Å². The molecule has 196 valence electrons. The Hall–Kier alpha value is -3.51. The van der Waals surface area contributed by atoms with E-state index in [1.165, 1.54) is 22.7 Å². The van der Waals surface area contributed by atoms with Gasteiger partial charge in [0.25, 0.3) is 0 Å². The summed E-state index contributed by atoms with van der Waals surface area (Å²) >= 11 is 3.75. The molecule has 6 rings (SSSR count). The quantitative estimate of drug-likeness (QED) is 0.141. The lowest BCUT2D eigenvalue weighted by Crippen LogP contribution is -2.27. The van der Waals surface area contributed by atoms with Gasteiger partial charge in [0.15, 0.2) is 0 Å². The Morgan fingerprint density at radius 2 is 1.44 bits per heavy atom. The van der Waals surface area contributed by atoms with E-state index >= 15 is 0 Å². The molecule has 6 aromatic rings. The number of thiophene rings is 2. The minimum atomic E-state index is -5.90. The summed E-state index contributed by atoms with van der Waals surface area (Å²) < 4.78 is 70.0. The second-order valence-electron chi connectivity index (χ2n) is 8.37. The molecule has 3 aromatic heterocycles. The Morgan fingerprint density at radius 3 is 2.13 bits per heavy atom. The predicted octanol–water partition coefficient (Wildman–Crippen LogP) is 9.32. The van der Waals surface area contributed by atoms with Gasteiger partial charge in [0.2, 0.25) is 5.06 Å². The van der Waals surface area contributed by atoms with Crippen LogP contribution in [0.25, 0.3) is 52.8 Å². The van der Waals surface area contributed by atoms with Crippen molar-refractivity contribution in [3.8, 4) is 47.8 Å². The van der Waals surface area contributed by atoms with E-state index < -0.39 is 15.6 Å². The molecule has 3 heterocycles. The highest BCUT2D eigenvalue weighted by molar-refractivity contribution is 7.88. The molecule has 0 radical (unpaired) electrons. The van der Waals surface area contributed by atoms with Gasteiger partial charge < -0.3 is 4.18 Å². The zero-order chi connectivity index (χ0) is 27.2. The van der Waals surface area contributed by atoms with Crippen LogP contribution in [0, 0.1) is 0 Å². The molecule has 11 heteroatoms. The Labute approximate surface area is 233 Å². The number of halogens is 3. The summed E-state index contributed by atoms with van der Waals surface area (Å²) in [6, 6.07) is 27.8. The van der Waals surface area contributed by atoms with Crippen molar-refractivity contribution in [2.75, 3.05) is 0 Å². The van der Waals surface area contributed by atoms with Crippen molar-refractivity contribution in [3.05, 3.63) is 96.4 Å². The molecule has 0 aliphatic rings. The van der Waals surface area contributed by atoms with Gasteiger partial charge >= 0.3 is 15.6 Å². The third-order valence-electron chi connectivity index (χ3n) is 5.85. The van der Waals surface area contributed by atoms with Crippen molar-refractivity contribution < 1.29 is 25.8 Å². The van der Waals surface area contributed by atoms with E-state index in [4.69, 9.17) is 9.17 Å². The summed E-state index contributed by atoms with van der Waals surface area (Å²) in [6.45, 7) is 0. The molecule has 0 saturated heterocycles. The smallest absolute Gasteiger partial charge is 0.364 e. The molecule has 0 aliphatic carbocycles. The van der Waals surface area contributed by atoms with Crippen LogP contribution in [0.4, 0.5) is 13.2 Å². The van der Waals surface area contributed by atoms with Crippen LogP contribution in [-0.4, -0.2) is 18.9 Å². The highest BCUT2D eigenvalue weighted by Crippen LogP contribution is 2.52. The summed E-state index contributed by atoms with van der Waals surface area (Å²) in [5, 5.41) is 3.10. The summed E-state index contributed by atoms with van der Waals surface area (Å²) in [4.78, 5) is 6.12. The van der Waals surface area contributed by atoms with E-state index in [1.54, 1.807) is 30.3 Å². The zero-order valence-corrected chi connectivity index (χ0v) is 22.9. The molecule has 0 atom stereocenters. The van der Waals surface area contributed by atoms with Crippen molar-refractivity contribution in [3.63, 3.8) is 0 Å². The number of hydrogen-bond donors (Lipinski definition) is 0. The van der Waals surface area contributed by atoms with Gasteiger partial charge in [-0.05, 0) is 17.7 Å². The monoisotopic (exact) mass is 599 g/mol. The summed E-state index contributed by atoms with van der Waals surface area (Å²) in [5.41, 5.74) is -2.42. The average molecular weight is 600 g/mol. The molecule has 0 amide bonds. The van der Waals surface area contributed by atoms with Gasteiger partial charge in [0.05, 0.1) is 10.6 Å². The Balaban J connectivity index is 1.58. The van der Waals surface area contributed by atoms with Gasteiger partial charge in [-0.1, -0.05) is 90.2 Å². The van der Waals surface area contributed by atoms with Crippen LogP contribution in [0.3, 0.4) is 0 Å². The lowest BCUT2D eigenvalue weighted by molar-refractivity contribution is -0.0498. The van der Waals surface area contributed by atoms with Gasteiger partial charge in [-0.25, -0.2) is 4.98 Å². The first-order valence-electron chi connectivity index (χ1n) is 11.4. The number of aromatic nitrogens is 1. The number of alkyl halides is 3. The normalized spacial score (nSPS) is 12.2. The Bertz CT molecular complexity index is 1890. The van der Waals surface area contributed by atoms with Gasteiger partial charge in [-0.2, -0.15) is 21.6 Å². The fraction of sp³-hybridized carbons (Fsp3) is 0.0357. The topological polar surface area (TPSA) is 56.3 Å². The molecule has 39 heavy (non-hydrogen) atoms. The molecule has 0 saturated carbocycles. The van der Waals surface area contributed by atoms with Gasteiger partial charge in [0.1, 0.15) is 5.01 Å². The first-order valence-corrected chi connectivity index (χ1v) is 15.4. The standard InChI is InChI=1S/C28H16F3NO3S4/c29-28(30,31)39(33,34)35-27-20(15-23(38-27)17-9-3-1-4-10-17)24-19-13-7-8-14-22(19)37-25(24)21-16-36-26(32-21)18-11-5-2-6-12-18/h1-16H. The molecular weight excluding hydrogens is 584 g/mol. The molecule has 3 aromatic carbocycles. The molecule has 4 nitrogen and oxygen atoms in total. The molecule has 0 N–H and O–H groups in total. The third-order valence-corrected chi connectivity index (χ3v) is 10.1. The lowest BCUT2D eigenvalue weighted by Gasteiger charge is -2.10. The average Bonchev–Trinajstić information content (AvgIpc) is 3.66. The summed E-state index contributed by atoms with van der Waals surface area (Å²) in [6.07, 6.45) is 0. The van der Waals surface area contributed by atoms with Crippen LogP contribution in [-0.2, 0) is 10.1 Å². The van der Waals surface area contributed by atoms with Gasteiger partial charge in [0, 0.05) is 37.0 Å². The fourth-order valence-electron chi connectivity index (χ4n) is 4.09. The molecule has 0 aliphatic heterocycles. The molecular formula is C28H16F3NO3S4. The lowest BCUT2D eigenvalue weighted by atomic mass is 10.0. The van der Waals surface area contributed by atoms with Crippen LogP contribution in [0.15, 0.2) is 96.4 Å². The molecule has 0 fully saturated rings. The maximum atomic E-state index is 13.4. The molecule has 0 unspecified atom stereocenters. The summed E-state index contributed by atoms with van der Waals surface area (Å²) in [5.74, 6) is 0.